The summed E-state index contributed by atoms with van der Waals surface area (Å²) in [6.45, 7) is 2.78. The third-order valence-corrected chi connectivity index (χ3v) is 9.67. The summed E-state index contributed by atoms with van der Waals surface area (Å²) in [7, 11) is 3.08. The van der Waals surface area contributed by atoms with Crippen LogP contribution in [0.15, 0.2) is 48.6 Å². The number of benzene rings is 2. The topological polar surface area (TPSA) is 89.5 Å². The lowest BCUT2D eigenvalue weighted by Gasteiger charge is -2.34. The monoisotopic (exact) mass is 660 g/mol. The molecule has 3 aliphatic rings. The van der Waals surface area contributed by atoms with E-state index in [1.54, 1.807) is 14.2 Å². The first-order chi connectivity index (χ1) is 23.5. The van der Waals surface area contributed by atoms with Crippen LogP contribution in [-0.2, 0) is 20.7 Å². The van der Waals surface area contributed by atoms with Gasteiger partial charge in [-0.3, -0.25) is 9.59 Å². The normalized spacial score (nSPS) is 19.4. The Morgan fingerprint density at radius 2 is 1.46 bits per heavy atom. The molecule has 1 aliphatic carbocycles. The van der Waals surface area contributed by atoms with Crippen molar-refractivity contribution in [2.45, 2.75) is 103 Å². The number of hydrogen-bond donors (Lipinski definition) is 0. The fraction of sp³-hybridized carbons (Fsp3) is 0.550. The predicted octanol–water partition coefficient (Wildman–Crippen LogP) is 9.02. The van der Waals surface area contributed by atoms with Gasteiger partial charge in [0.1, 0.15) is 0 Å². The molecule has 0 aromatic heterocycles. The van der Waals surface area contributed by atoms with Gasteiger partial charge in [-0.05, 0) is 79.5 Å². The van der Waals surface area contributed by atoms with Crippen molar-refractivity contribution in [1.29, 1.82) is 0 Å². The van der Waals surface area contributed by atoms with Gasteiger partial charge in [0.15, 0.2) is 23.0 Å². The van der Waals surface area contributed by atoms with E-state index in [9.17, 15) is 9.59 Å². The maximum Gasteiger partial charge on any atom is 0.311 e. The summed E-state index contributed by atoms with van der Waals surface area (Å²) in [5.41, 5.74) is 2.92. The lowest BCUT2D eigenvalue weighted by Crippen LogP contribution is -2.31. The Kier molecular flexibility index (Phi) is 13.3. The van der Waals surface area contributed by atoms with Gasteiger partial charge in [-0.15, -0.1) is 0 Å². The fourth-order valence-electron chi connectivity index (χ4n) is 7.09. The van der Waals surface area contributed by atoms with Gasteiger partial charge < -0.3 is 28.4 Å². The molecule has 8 heteroatoms. The molecule has 1 fully saturated rings. The lowest BCUT2D eigenvalue weighted by molar-refractivity contribution is -0.141. The van der Waals surface area contributed by atoms with Crippen LogP contribution in [0.3, 0.4) is 0 Å². The molecule has 48 heavy (non-hydrogen) atoms. The van der Waals surface area contributed by atoms with Crippen molar-refractivity contribution in [1.82, 2.24) is 0 Å². The largest absolute Gasteiger partial charge is 0.493 e. The molecule has 0 N–H and O–H groups in total. The smallest absolute Gasteiger partial charge is 0.311 e. The minimum atomic E-state index is -0.356. The minimum Gasteiger partial charge on any atom is -0.493 e. The highest BCUT2D eigenvalue weighted by Crippen LogP contribution is 2.52. The van der Waals surface area contributed by atoms with Crippen LogP contribution in [0.4, 0.5) is 0 Å². The molecule has 0 unspecified atom stereocenters. The third-order valence-electron chi connectivity index (χ3n) is 9.67. The second-order valence-electron chi connectivity index (χ2n) is 13.1. The highest BCUT2D eigenvalue weighted by molar-refractivity contribution is 5.79. The molecule has 0 radical (unpaired) electrons. The van der Waals surface area contributed by atoms with Crippen molar-refractivity contribution < 1.29 is 38.0 Å². The Morgan fingerprint density at radius 3 is 2.15 bits per heavy atom. The van der Waals surface area contributed by atoms with E-state index < -0.39 is 0 Å². The number of ether oxygens (including phenoxy) is 6. The Balaban J connectivity index is 1.11. The second kappa shape index (κ2) is 18.0. The number of hydrogen-bond acceptors (Lipinski definition) is 8. The average molecular weight is 661 g/mol. The van der Waals surface area contributed by atoms with Crippen molar-refractivity contribution >= 4 is 11.9 Å². The molecular formula is C40H52O8. The quantitative estimate of drug-likeness (QED) is 0.0638. The highest BCUT2D eigenvalue weighted by atomic mass is 16.7. The third kappa shape index (κ3) is 8.94. The van der Waals surface area contributed by atoms with Gasteiger partial charge in [0.05, 0.1) is 26.7 Å². The number of methoxy groups -OCH3 is 2. The van der Waals surface area contributed by atoms with Gasteiger partial charge in [-0.1, -0.05) is 76.2 Å². The molecule has 0 amide bonds. The Morgan fingerprint density at radius 1 is 0.812 bits per heavy atom. The summed E-state index contributed by atoms with van der Waals surface area (Å²) in [6.07, 6.45) is 23.9. The molecule has 260 valence electrons. The molecule has 8 nitrogen and oxygen atoms in total. The summed E-state index contributed by atoms with van der Waals surface area (Å²) in [5, 5.41) is 0. The number of unbranched alkanes of at least 4 members (excludes halogenated alkanes) is 9. The molecule has 0 saturated carbocycles. The van der Waals surface area contributed by atoms with Crippen LogP contribution < -0.4 is 23.7 Å². The molecule has 2 aromatic carbocycles. The van der Waals surface area contributed by atoms with E-state index >= 15 is 0 Å². The van der Waals surface area contributed by atoms with Crippen LogP contribution in [0.25, 0.3) is 0 Å². The number of rotatable bonds is 19. The summed E-state index contributed by atoms with van der Waals surface area (Å²) in [5.74, 6) is 1.24. The molecule has 5 rings (SSSR count). The van der Waals surface area contributed by atoms with Crippen LogP contribution in [0.1, 0.15) is 113 Å². The first-order valence-corrected chi connectivity index (χ1v) is 17.9. The van der Waals surface area contributed by atoms with E-state index in [2.05, 4.69) is 31.2 Å². The van der Waals surface area contributed by atoms with Gasteiger partial charge in [0, 0.05) is 18.3 Å². The molecule has 2 aromatic rings. The first-order valence-electron chi connectivity index (χ1n) is 17.9. The number of carbonyl (C=O) groups is 2. The van der Waals surface area contributed by atoms with Crippen LogP contribution >= 0.6 is 0 Å². The molecule has 2 heterocycles. The number of allylic oxidation sites excluding steroid dienone is 4. The Labute approximate surface area is 285 Å². The number of esters is 2. The second-order valence-corrected chi connectivity index (χ2v) is 13.1. The van der Waals surface area contributed by atoms with Gasteiger partial charge in [0.2, 0.25) is 12.5 Å². The number of fused-ring (bicyclic) bond motifs is 3. The van der Waals surface area contributed by atoms with E-state index in [1.807, 2.05) is 24.3 Å². The summed E-state index contributed by atoms with van der Waals surface area (Å²) >= 11 is 0. The standard InChI is InChI=1S/C40H52O8/c1-4-5-6-7-8-9-10-11-12-13-14-15-16-17-18-19-20-36(41)48-39-34(43-2)23-29(24-35(39)44-3)37-31-25-33-32(46-27-47-33)22-28(31)21-30-26-45-40(42)38(30)37/h7-8,10-11,22-25,30,37-38H,4-6,9,12-21,26-27H2,1-3H3/b8-7-,11-10-/t30-,37+,38-/m0/s1. The summed E-state index contributed by atoms with van der Waals surface area (Å²) in [6, 6.07) is 7.69. The van der Waals surface area contributed by atoms with Gasteiger partial charge in [-0.2, -0.15) is 0 Å². The predicted molar refractivity (Wildman–Crippen MR) is 185 cm³/mol. The number of cyclic esters (lactones) is 1. The molecule has 2 aliphatic heterocycles. The van der Waals surface area contributed by atoms with Crippen LogP contribution in [0.2, 0.25) is 0 Å². The van der Waals surface area contributed by atoms with Crippen LogP contribution in [-0.4, -0.2) is 39.6 Å². The van der Waals surface area contributed by atoms with E-state index in [4.69, 9.17) is 28.4 Å². The van der Waals surface area contributed by atoms with E-state index in [1.165, 1.54) is 44.9 Å². The highest BCUT2D eigenvalue weighted by Gasteiger charge is 2.48. The molecule has 0 bridgehead atoms. The maximum atomic E-state index is 13.0. The lowest BCUT2D eigenvalue weighted by atomic mass is 9.67. The minimum absolute atomic E-state index is 0.0413. The van der Waals surface area contributed by atoms with E-state index in [0.717, 1.165) is 55.2 Å². The zero-order chi connectivity index (χ0) is 33.7. The summed E-state index contributed by atoms with van der Waals surface area (Å²) in [4.78, 5) is 25.9. The van der Waals surface area contributed by atoms with Crippen LogP contribution in [0.5, 0.6) is 28.7 Å². The van der Waals surface area contributed by atoms with Gasteiger partial charge >= 0.3 is 11.9 Å². The molecule has 3 atom stereocenters. The van der Waals surface area contributed by atoms with Crippen LogP contribution in [0, 0.1) is 11.8 Å². The average Bonchev–Trinajstić information content (AvgIpc) is 3.71. The van der Waals surface area contributed by atoms with Gasteiger partial charge in [0.25, 0.3) is 0 Å². The van der Waals surface area contributed by atoms with Gasteiger partial charge in [-0.25, -0.2) is 0 Å². The van der Waals surface area contributed by atoms with E-state index in [0.29, 0.717) is 36.0 Å². The Bertz CT molecular complexity index is 1420. The molecule has 1 saturated heterocycles. The Hall–Kier alpha value is -3.94. The molecule has 0 spiro atoms. The maximum absolute atomic E-state index is 13.0. The zero-order valence-corrected chi connectivity index (χ0v) is 28.9. The van der Waals surface area contributed by atoms with Crippen molar-refractivity contribution in [2.75, 3.05) is 27.6 Å². The fourth-order valence-corrected chi connectivity index (χ4v) is 7.09. The molecular weight excluding hydrogens is 608 g/mol. The summed E-state index contributed by atoms with van der Waals surface area (Å²) < 4.78 is 34.2. The van der Waals surface area contributed by atoms with E-state index in [-0.39, 0.29) is 42.2 Å². The SMILES string of the molecule is CCCC/C=C\C/C=C\CCCCCCCCCC(=O)Oc1c(OC)cc([C@@H]2c3cc4c(cc3C[C@H]3COC(=O)[C@@H]32)OCO4)cc1OC. The first kappa shape index (κ1) is 35.4. The van der Waals surface area contributed by atoms with Crippen molar-refractivity contribution in [3.63, 3.8) is 0 Å². The van der Waals surface area contributed by atoms with Crippen molar-refractivity contribution in [3.05, 3.63) is 65.3 Å². The van der Waals surface area contributed by atoms with Crippen molar-refractivity contribution in [3.8, 4) is 28.7 Å². The zero-order valence-electron chi connectivity index (χ0n) is 28.9. The van der Waals surface area contributed by atoms with Crippen molar-refractivity contribution in [2.24, 2.45) is 11.8 Å². The number of carbonyl (C=O) groups excluding carboxylic acids is 2.